The maximum absolute atomic E-state index is 11.7. The van der Waals surface area contributed by atoms with Gasteiger partial charge < -0.3 is 4.74 Å². The van der Waals surface area contributed by atoms with E-state index in [4.69, 9.17) is 4.74 Å². The summed E-state index contributed by atoms with van der Waals surface area (Å²) in [4.78, 5) is 11.7. The number of nitrogens with one attached hydrogen (secondary N) is 2. The lowest BCUT2D eigenvalue weighted by Gasteiger charge is -2.19. The van der Waals surface area contributed by atoms with Gasteiger partial charge >= 0.3 is 5.97 Å². The third kappa shape index (κ3) is 3.66. The first kappa shape index (κ1) is 15.2. The van der Waals surface area contributed by atoms with E-state index in [9.17, 15) is 4.79 Å². The summed E-state index contributed by atoms with van der Waals surface area (Å²) in [6, 6.07) is 9.44. The number of nitrogens with zero attached hydrogens (tertiary/aromatic N) is 2. The number of aromatic nitrogens is 3. The Labute approximate surface area is 123 Å². The highest BCUT2D eigenvalue weighted by atomic mass is 16.5. The number of methoxy groups -OCH3 is 1. The summed E-state index contributed by atoms with van der Waals surface area (Å²) in [6.45, 7) is 4.38. The first-order valence-electron chi connectivity index (χ1n) is 6.89. The van der Waals surface area contributed by atoms with Crippen molar-refractivity contribution in [3.63, 3.8) is 0 Å². The van der Waals surface area contributed by atoms with Gasteiger partial charge in [-0.05, 0) is 5.92 Å². The van der Waals surface area contributed by atoms with Crippen LogP contribution in [0.25, 0.3) is 11.3 Å². The minimum atomic E-state index is -0.365. The van der Waals surface area contributed by atoms with Crippen LogP contribution in [0.3, 0.4) is 0 Å². The van der Waals surface area contributed by atoms with Gasteiger partial charge in [0.1, 0.15) is 17.4 Å². The van der Waals surface area contributed by atoms with E-state index in [-0.39, 0.29) is 17.9 Å². The fourth-order valence-electron chi connectivity index (χ4n) is 2.13. The zero-order chi connectivity index (χ0) is 15.2. The van der Waals surface area contributed by atoms with Crippen LogP contribution in [-0.4, -0.2) is 34.5 Å². The topological polar surface area (TPSA) is 79.9 Å². The molecule has 0 aliphatic heterocycles. The van der Waals surface area contributed by atoms with E-state index in [1.165, 1.54) is 7.11 Å². The summed E-state index contributed by atoms with van der Waals surface area (Å²) < 4.78 is 4.81. The summed E-state index contributed by atoms with van der Waals surface area (Å²) in [5.74, 6) is -0.140. The van der Waals surface area contributed by atoms with Crippen LogP contribution in [0.4, 0.5) is 0 Å². The van der Waals surface area contributed by atoms with Crippen molar-refractivity contribution in [1.82, 2.24) is 20.7 Å². The van der Waals surface area contributed by atoms with Crippen molar-refractivity contribution in [3.8, 4) is 11.3 Å². The van der Waals surface area contributed by atoms with Crippen LogP contribution in [0.2, 0.25) is 0 Å². The second-order valence-corrected chi connectivity index (χ2v) is 5.11. The lowest BCUT2D eigenvalue weighted by molar-refractivity contribution is -0.144. The highest BCUT2D eigenvalue weighted by molar-refractivity contribution is 5.76. The molecule has 0 aliphatic rings. The van der Waals surface area contributed by atoms with Gasteiger partial charge in [-0.15, -0.1) is 0 Å². The van der Waals surface area contributed by atoms with E-state index in [0.29, 0.717) is 6.54 Å². The van der Waals surface area contributed by atoms with Crippen molar-refractivity contribution in [2.75, 3.05) is 7.11 Å². The lowest BCUT2D eigenvalue weighted by atomic mass is 10.0. The molecule has 2 N–H and O–H groups in total. The maximum atomic E-state index is 11.7. The van der Waals surface area contributed by atoms with Crippen molar-refractivity contribution in [3.05, 3.63) is 36.0 Å². The predicted molar refractivity (Wildman–Crippen MR) is 79.3 cm³/mol. The molecule has 112 valence electrons. The molecule has 1 aromatic carbocycles. The molecule has 1 unspecified atom stereocenters. The van der Waals surface area contributed by atoms with Crippen LogP contribution in [-0.2, 0) is 16.1 Å². The van der Waals surface area contributed by atoms with Gasteiger partial charge in [-0.25, -0.2) is 0 Å². The number of ether oxygens (including phenoxy) is 1. The fourth-order valence-corrected chi connectivity index (χ4v) is 2.13. The Kier molecular flexibility index (Phi) is 5.05. The molecule has 2 rings (SSSR count). The molecule has 0 saturated carbocycles. The molecule has 0 fully saturated rings. The van der Waals surface area contributed by atoms with Gasteiger partial charge in [0.15, 0.2) is 0 Å². The second-order valence-electron chi connectivity index (χ2n) is 5.11. The molecule has 6 heteroatoms. The third-order valence-electron chi connectivity index (χ3n) is 3.28. The minimum absolute atomic E-state index is 0.129. The van der Waals surface area contributed by atoms with Gasteiger partial charge in [0.05, 0.1) is 7.11 Å². The Bertz CT molecular complexity index is 580. The Morgan fingerprint density at radius 1 is 1.29 bits per heavy atom. The normalized spacial score (nSPS) is 12.4. The van der Waals surface area contributed by atoms with Gasteiger partial charge in [0.2, 0.25) is 0 Å². The van der Waals surface area contributed by atoms with Crippen molar-refractivity contribution < 1.29 is 9.53 Å². The monoisotopic (exact) mass is 288 g/mol. The number of rotatable bonds is 6. The Hall–Kier alpha value is -2.21. The summed E-state index contributed by atoms with van der Waals surface area (Å²) >= 11 is 0. The molecule has 2 aromatic rings. The quantitative estimate of drug-likeness (QED) is 0.792. The van der Waals surface area contributed by atoms with E-state index in [1.54, 1.807) is 0 Å². The zero-order valence-electron chi connectivity index (χ0n) is 12.5. The molecule has 21 heavy (non-hydrogen) atoms. The number of esters is 1. The fraction of sp³-hybridized carbons (Fsp3) is 0.400. The zero-order valence-corrected chi connectivity index (χ0v) is 12.5. The van der Waals surface area contributed by atoms with Crippen molar-refractivity contribution in [2.24, 2.45) is 5.92 Å². The van der Waals surface area contributed by atoms with Crippen molar-refractivity contribution in [1.29, 1.82) is 0 Å². The highest BCUT2D eigenvalue weighted by Crippen LogP contribution is 2.19. The molecule has 0 saturated heterocycles. The molecule has 0 radical (unpaired) electrons. The van der Waals surface area contributed by atoms with Gasteiger partial charge in [0.25, 0.3) is 0 Å². The minimum Gasteiger partial charge on any atom is -0.468 e. The van der Waals surface area contributed by atoms with Crippen LogP contribution in [0, 0.1) is 5.92 Å². The molecule has 0 spiro atoms. The van der Waals surface area contributed by atoms with Crippen LogP contribution >= 0.6 is 0 Å². The Balaban J connectivity index is 2.11. The summed E-state index contributed by atoms with van der Waals surface area (Å²) in [5.41, 5.74) is 2.55. The number of hydrogen-bond acceptors (Lipinski definition) is 5. The first-order chi connectivity index (χ1) is 10.1. The molecule has 1 aromatic heterocycles. The van der Waals surface area contributed by atoms with Crippen LogP contribution in [0.15, 0.2) is 30.3 Å². The van der Waals surface area contributed by atoms with E-state index < -0.39 is 0 Å². The molecule has 0 aliphatic carbocycles. The number of H-pyrrole nitrogens is 1. The second kappa shape index (κ2) is 6.99. The van der Waals surface area contributed by atoms with E-state index in [2.05, 4.69) is 20.7 Å². The number of aromatic amines is 1. The average molecular weight is 288 g/mol. The molecular formula is C15H20N4O2. The average Bonchev–Trinajstić information content (AvgIpc) is 2.96. The van der Waals surface area contributed by atoms with E-state index in [1.807, 2.05) is 44.2 Å². The van der Waals surface area contributed by atoms with Crippen LogP contribution in [0.1, 0.15) is 19.5 Å². The van der Waals surface area contributed by atoms with Crippen molar-refractivity contribution in [2.45, 2.75) is 26.4 Å². The van der Waals surface area contributed by atoms with E-state index >= 15 is 0 Å². The van der Waals surface area contributed by atoms with Gasteiger partial charge in [-0.2, -0.15) is 15.4 Å². The Morgan fingerprint density at radius 2 is 2.00 bits per heavy atom. The SMILES string of the molecule is COC(=O)C(NCc1n[nH]nc1-c1ccccc1)C(C)C. The smallest absolute Gasteiger partial charge is 0.323 e. The number of carbonyl (C=O) groups is 1. The van der Waals surface area contributed by atoms with Crippen LogP contribution in [0.5, 0.6) is 0 Å². The van der Waals surface area contributed by atoms with E-state index in [0.717, 1.165) is 17.0 Å². The van der Waals surface area contributed by atoms with Crippen molar-refractivity contribution >= 4 is 5.97 Å². The number of hydrogen-bond donors (Lipinski definition) is 2. The van der Waals surface area contributed by atoms with Crippen LogP contribution < -0.4 is 5.32 Å². The molecule has 6 nitrogen and oxygen atoms in total. The first-order valence-corrected chi connectivity index (χ1v) is 6.89. The van der Waals surface area contributed by atoms with Gasteiger partial charge in [-0.3, -0.25) is 10.1 Å². The largest absolute Gasteiger partial charge is 0.468 e. The highest BCUT2D eigenvalue weighted by Gasteiger charge is 2.23. The molecular weight excluding hydrogens is 268 g/mol. The number of carbonyl (C=O) groups excluding carboxylic acids is 1. The maximum Gasteiger partial charge on any atom is 0.323 e. The van der Waals surface area contributed by atoms with Gasteiger partial charge in [-0.1, -0.05) is 44.2 Å². The van der Waals surface area contributed by atoms with Gasteiger partial charge in [0, 0.05) is 12.1 Å². The number of benzene rings is 1. The standard InChI is InChI=1S/C15H20N4O2/c1-10(2)13(15(20)21-3)16-9-12-14(18-19-17-12)11-7-5-4-6-8-11/h4-8,10,13,16H,9H2,1-3H3,(H,17,18,19). The third-order valence-corrected chi connectivity index (χ3v) is 3.28. The molecule has 0 amide bonds. The predicted octanol–water partition coefficient (Wildman–Crippen LogP) is 1.76. The molecule has 0 bridgehead atoms. The Morgan fingerprint density at radius 3 is 2.62 bits per heavy atom. The summed E-state index contributed by atoms with van der Waals surface area (Å²) in [6.07, 6.45) is 0. The lowest BCUT2D eigenvalue weighted by Crippen LogP contribution is -2.41. The summed E-state index contributed by atoms with van der Waals surface area (Å²) in [5, 5.41) is 14.2. The summed E-state index contributed by atoms with van der Waals surface area (Å²) in [7, 11) is 1.39. The molecule has 1 heterocycles. The molecule has 1 atom stereocenters.